The summed E-state index contributed by atoms with van der Waals surface area (Å²) in [5.74, 6) is -1.02. The number of rotatable bonds is 4. The van der Waals surface area contributed by atoms with Gasteiger partial charge in [0.2, 0.25) is 0 Å². The minimum absolute atomic E-state index is 0.150. The first-order valence-electron chi connectivity index (χ1n) is 4.82. The summed E-state index contributed by atoms with van der Waals surface area (Å²) in [7, 11) is 0. The molecule has 4 nitrogen and oxygen atoms in total. The molecule has 0 aromatic carbocycles. The maximum absolute atomic E-state index is 12.7. The molecule has 2 heterocycles. The topological polar surface area (TPSA) is 62.2 Å². The Kier molecular flexibility index (Phi) is 3.34. The number of carbonyl (C=O) groups is 1. The predicted octanol–water partition coefficient (Wildman–Crippen LogP) is 2.59. The van der Waals surface area contributed by atoms with E-state index in [9.17, 15) is 9.18 Å². The number of carboxylic acid groups (broad SMARTS) is 1. The van der Waals surface area contributed by atoms with Crippen molar-refractivity contribution in [2.24, 2.45) is 0 Å². The van der Waals surface area contributed by atoms with Gasteiger partial charge in [0, 0.05) is 17.6 Å². The summed E-state index contributed by atoms with van der Waals surface area (Å²) in [4.78, 5) is 15.6. The predicted molar refractivity (Wildman–Crippen MR) is 62.8 cm³/mol. The molecule has 88 valence electrons. The zero-order chi connectivity index (χ0) is 12.3. The Balaban J connectivity index is 2.11. The lowest BCUT2D eigenvalue weighted by atomic mass is 10.2. The van der Waals surface area contributed by atoms with Gasteiger partial charge in [-0.15, -0.1) is 11.3 Å². The fourth-order valence-corrected chi connectivity index (χ4v) is 2.02. The lowest BCUT2D eigenvalue weighted by Gasteiger charge is -2.07. The molecule has 0 radical (unpaired) electrons. The van der Waals surface area contributed by atoms with Crippen LogP contribution in [0.4, 0.5) is 10.1 Å². The molecule has 0 aliphatic rings. The third-order valence-electron chi connectivity index (χ3n) is 2.13. The van der Waals surface area contributed by atoms with Gasteiger partial charge in [-0.3, -0.25) is 4.98 Å². The molecule has 0 saturated carbocycles. The van der Waals surface area contributed by atoms with E-state index in [-0.39, 0.29) is 10.7 Å². The Bertz CT molecular complexity index is 542. The third kappa shape index (κ3) is 2.79. The molecule has 6 heteroatoms. The number of halogens is 1. The molecule has 0 unspecified atom stereocenters. The normalized spacial score (nSPS) is 10.2. The van der Waals surface area contributed by atoms with Crippen LogP contribution >= 0.6 is 11.3 Å². The number of hydrogen-bond donors (Lipinski definition) is 2. The number of anilines is 1. The molecule has 2 aromatic heterocycles. The summed E-state index contributed by atoms with van der Waals surface area (Å²) in [5.41, 5.74) is 0.575. The summed E-state index contributed by atoms with van der Waals surface area (Å²) < 4.78 is 12.7. The number of aromatic nitrogens is 1. The fourth-order valence-electron chi connectivity index (χ4n) is 1.35. The number of hydrogen-bond acceptors (Lipinski definition) is 4. The van der Waals surface area contributed by atoms with Gasteiger partial charge in [-0.05, 0) is 18.2 Å². The molecular weight excluding hydrogens is 243 g/mol. The van der Waals surface area contributed by atoms with Crippen molar-refractivity contribution in [2.75, 3.05) is 5.32 Å². The van der Waals surface area contributed by atoms with E-state index >= 15 is 0 Å². The zero-order valence-corrected chi connectivity index (χ0v) is 9.50. The average molecular weight is 252 g/mol. The standard InChI is InChI=1S/C11H9FN2O2S/c12-10-2-1-7(17-10)5-14-9-6-13-4-3-8(9)11(15)16/h1-4,6,14H,5H2,(H,15,16). The molecule has 0 fully saturated rings. The van der Waals surface area contributed by atoms with Crippen LogP contribution in [-0.2, 0) is 6.54 Å². The average Bonchev–Trinajstić information content (AvgIpc) is 2.73. The molecule has 0 aliphatic heterocycles. The first kappa shape index (κ1) is 11.5. The van der Waals surface area contributed by atoms with E-state index in [1.807, 2.05) is 0 Å². The van der Waals surface area contributed by atoms with Gasteiger partial charge in [-0.2, -0.15) is 4.39 Å². The maximum atomic E-state index is 12.7. The van der Waals surface area contributed by atoms with Gasteiger partial charge in [0.15, 0.2) is 5.13 Å². The molecule has 0 bridgehead atoms. The van der Waals surface area contributed by atoms with Crippen LogP contribution in [0, 0.1) is 5.13 Å². The van der Waals surface area contributed by atoms with Crippen molar-refractivity contribution < 1.29 is 14.3 Å². The Labute approximate surface area is 101 Å². The summed E-state index contributed by atoms with van der Waals surface area (Å²) in [6.45, 7) is 0.376. The summed E-state index contributed by atoms with van der Waals surface area (Å²) in [6, 6.07) is 4.45. The number of thiophene rings is 1. The van der Waals surface area contributed by atoms with Gasteiger partial charge in [-0.25, -0.2) is 4.79 Å². The second-order valence-corrected chi connectivity index (χ2v) is 4.40. The van der Waals surface area contributed by atoms with Gasteiger partial charge >= 0.3 is 5.97 Å². The largest absolute Gasteiger partial charge is 0.478 e. The highest BCUT2D eigenvalue weighted by atomic mass is 32.1. The first-order valence-corrected chi connectivity index (χ1v) is 5.64. The molecule has 0 atom stereocenters. The van der Waals surface area contributed by atoms with Crippen molar-refractivity contribution in [2.45, 2.75) is 6.54 Å². The van der Waals surface area contributed by atoms with Crippen molar-refractivity contribution in [3.63, 3.8) is 0 Å². The molecule has 2 N–H and O–H groups in total. The number of aromatic carboxylic acids is 1. The van der Waals surface area contributed by atoms with E-state index in [0.717, 1.165) is 16.2 Å². The van der Waals surface area contributed by atoms with Crippen LogP contribution in [0.25, 0.3) is 0 Å². The van der Waals surface area contributed by atoms with Crippen LogP contribution < -0.4 is 5.32 Å². The van der Waals surface area contributed by atoms with Gasteiger partial charge in [0.25, 0.3) is 0 Å². The Morgan fingerprint density at radius 2 is 2.29 bits per heavy atom. The molecule has 0 amide bonds. The van der Waals surface area contributed by atoms with Gasteiger partial charge in [0.1, 0.15) is 0 Å². The van der Waals surface area contributed by atoms with Crippen LogP contribution in [0.5, 0.6) is 0 Å². The Hall–Kier alpha value is -1.95. The molecule has 0 aliphatic carbocycles. The highest BCUT2D eigenvalue weighted by molar-refractivity contribution is 7.10. The van der Waals surface area contributed by atoms with Crippen molar-refractivity contribution in [1.29, 1.82) is 0 Å². The highest BCUT2D eigenvalue weighted by Gasteiger charge is 2.09. The van der Waals surface area contributed by atoms with E-state index in [1.165, 1.54) is 24.5 Å². The second kappa shape index (κ2) is 4.92. The van der Waals surface area contributed by atoms with Crippen molar-refractivity contribution >= 4 is 23.0 Å². The van der Waals surface area contributed by atoms with Crippen molar-refractivity contribution in [3.8, 4) is 0 Å². The summed E-state index contributed by atoms with van der Waals surface area (Å²) in [5, 5.41) is 11.6. The van der Waals surface area contributed by atoms with Crippen molar-refractivity contribution in [1.82, 2.24) is 4.98 Å². The van der Waals surface area contributed by atoms with Gasteiger partial charge < -0.3 is 10.4 Å². The molecular formula is C11H9FN2O2S. The summed E-state index contributed by atoms with van der Waals surface area (Å²) in [6.07, 6.45) is 2.85. The fraction of sp³-hybridized carbons (Fsp3) is 0.0909. The lowest BCUT2D eigenvalue weighted by Crippen LogP contribution is -2.06. The maximum Gasteiger partial charge on any atom is 0.337 e. The number of carboxylic acids is 1. The summed E-state index contributed by atoms with van der Waals surface area (Å²) >= 11 is 1.02. The Morgan fingerprint density at radius 3 is 2.94 bits per heavy atom. The zero-order valence-electron chi connectivity index (χ0n) is 8.68. The van der Waals surface area contributed by atoms with Crippen LogP contribution in [0.3, 0.4) is 0 Å². The third-order valence-corrected chi connectivity index (χ3v) is 3.01. The Morgan fingerprint density at radius 1 is 1.47 bits per heavy atom. The van der Waals surface area contributed by atoms with Crippen LogP contribution in [-0.4, -0.2) is 16.1 Å². The van der Waals surface area contributed by atoms with E-state index < -0.39 is 5.97 Å². The van der Waals surface area contributed by atoms with E-state index in [1.54, 1.807) is 6.07 Å². The lowest BCUT2D eigenvalue weighted by molar-refractivity contribution is 0.0698. The second-order valence-electron chi connectivity index (χ2n) is 3.29. The quantitative estimate of drug-likeness (QED) is 0.878. The molecule has 17 heavy (non-hydrogen) atoms. The van der Waals surface area contributed by atoms with E-state index in [4.69, 9.17) is 5.11 Å². The van der Waals surface area contributed by atoms with Crippen molar-refractivity contribution in [3.05, 3.63) is 46.2 Å². The number of pyridine rings is 1. The monoisotopic (exact) mass is 252 g/mol. The van der Waals surface area contributed by atoms with Gasteiger partial charge in [-0.1, -0.05) is 0 Å². The van der Waals surface area contributed by atoms with E-state index in [2.05, 4.69) is 10.3 Å². The minimum Gasteiger partial charge on any atom is -0.478 e. The van der Waals surface area contributed by atoms with Crippen LogP contribution in [0.15, 0.2) is 30.6 Å². The van der Waals surface area contributed by atoms with Crippen LogP contribution in [0.2, 0.25) is 0 Å². The molecule has 0 saturated heterocycles. The van der Waals surface area contributed by atoms with Gasteiger partial charge in [0.05, 0.1) is 17.4 Å². The minimum atomic E-state index is -1.02. The highest BCUT2D eigenvalue weighted by Crippen LogP contribution is 2.18. The smallest absolute Gasteiger partial charge is 0.337 e. The molecule has 0 spiro atoms. The van der Waals surface area contributed by atoms with E-state index in [0.29, 0.717) is 12.2 Å². The molecule has 2 rings (SSSR count). The first-order chi connectivity index (χ1) is 8.16. The number of nitrogens with one attached hydrogen (secondary N) is 1. The number of nitrogens with zero attached hydrogens (tertiary/aromatic N) is 1. The van der Waals surface area contributed by atoms with Crippen LogP contribution in [0.1, 0.15) is 15.2 Å². The molecule has 2 aromatic rings. The SMILES string of the molecule is O=C(O)c1ccncc1NCc1ccc(F)s1.